The van der Waals surface area contributed by atoms with Crippen molar-refractivity contribution in [1.29, 1.82) is 0 Å². The van der Waals surface area contributed by atoms with E-state index in [1.165, 1.54) is 6.08 Å². The van der Waals surface area contributed by atoms with E-state index < -0.39 is 4.74 Å². The van der Waals surface area contributed by atoms with Gasteiger partial charge in [-0.2, -0.15) is 4.39 Å². The molecule has 0 radical (unpaired) electrons. The van der Waals surface area contributed by atoms with Gasteiger partial charge in [0.1, 0.15) is 24.7 Å². The average Bonchev–Trinajstić information content (AvgIpc) is 2.51. The third-order valence-corrected chi connectivity index (χ3v) is 3.39. The predicted octanol–water partition coefficient (Wildman–Crippen LogP) is 5.32. The van der Waals surface area contributed by atoms with Crippen LogP contribution in [0.15, 0.2) is 28.1 Å². The van der Waals surface area contributed by atoms with Crippen LogP contribution in [0.2, 0.25) is 0 Å². The van der Waals surface area contributed by atoms with Gasteiger partial charge in [0.25, 0.3) is 0 Å². The van der Waals surface area contributed by atoms with Crippen LogP contribution in [0.1, 0.15) is 38.3 Å². The van der Waals surface area contributed by atoms with Crippen LogP contribution in [0.4, 0.5) is 4.39 Å². The van der Waals surface area contributed by atoms with Crippen molar-refractivity contribution in [1.82, 2.24) is 0 Å². The van der Waals surface area contributed by atoms with Gasteiger partial charge in [-0.05, 0) is 72.5 Å². The highest BCUT2D eigenvalue weighted by molar-refractivity contribution is 9.11. The zero-order chi connectivity index (χ0) is 17.9. The smallest absolute Gasteiger partial charge is 0.165 e. The van der Waals surface area contributed by atoms with Gasteiger partial charge in [0, 0.05) is 6.42 Å². The molecule has 0 heterocycles. The number of rotatable bonds is 10. The summed E-state index contributed by atoms with van der Waals surface area (Å²) < 4.78 is 23.6. The maximum absolute atomic E-state index is 12.6. The molecule has 0 aromatic heterocycles. The SMILES string of the molecule is CCc1cc(OC/C=C(\F)Br)cc(C)c1OCCCON=C(C)C. The van der Waals surface area contributed by atoms with Gasteiger partial charge in [0.15, 0.2) is 4.74 Å². The van der Waals surface area contributed by atoms with E-state index in [1.807, 2.05) is 32.9 Å². The van der Waals surface area contributed by atoms with Gasteiger partial charge in [0.05, 0.1) is 12.3 Å². The first-order chi connectivity index (χ1) is 11.4. The van der Waals surface area contributed by atoms with Crippen LogP contribution in [0.5, 0.6) is 11.5 Å². The second-order valence-corrected chi connectivity index (χ2v) is 6.22. The molecule has 134 valence electrons. The molecule has 0 bridgehead atoms. The first-order valence-corrected chi connectivity index (χ1v) is 8.76. The molecule has 24 heavy (non-hydrogen) atoms. The maximum atomic E-state index is 12.6. The molecule has 1 rings (SSSR count). The maximum Gasteiger partial charge on any atom is 0.165 e. The Labute approximate surface area is 151 Å². The first-order valence-electron chi connectivity index (χ1n) is 7.97. The topological polar surface area (TPSA) is 40.0 Å². The molecular weight excluding hydrogens is 377 g/mol. The Bertz CT molecular complexity index is 580. The molecule has 1 aromatic rings. The van der Waals surface area contributed by atoms with Gasteiger partial charge >= 0.3 is 0 Å². The number of aryl methyl sites for hydroxylation is 2. The van der Waals surface area contributed by atoms with Crippen LogP contribution in [0, 0.1) is 6.92 Å². The highest BCUT2D eigenvalue weighted by atomic mass is 79.9. The molecule has 0 aliphatic carbocycles. The summed E-state index contributed by atoms with van der Waals surface area (Å²) in [6.45, 7) is 9.07. The van der Waals surface area contributed by atoms with Crippen molar-refractivity contribution in [3.05, 3.63) is 34.1 Å². The largest absolute Gasteiger partial charge is 0.493 e. The second-order valence-electron chi connectivity index (χ2n) is 5.46. The molecule has 0 aliphatic heterocycles. The predicted molar refractivity (Wildman–Crippen MR) is 99.0 cm³/mol. The Morgan fingerprint density at radius 3 is 2.62 bits per heavy atom. The normalized spacial score (nSPS) is 11.2. The number of hydrogen-bond acceptors (Lipinski definition) is 4. The number of halogens is 2. The van der Waals surface area contributed by atoms with Crippen molar-refractivity contribution < 1.29 is 18.7 Å². The van der Waals surface area contributed by atoms with Gasteiger partial charge < -0.3 is 14.3 Å². The highest BCUT2D eigenvalue weighted by Crippen LogP contribution is 2.30. The van der Waals surface area contributed by atoms with Gasteiger partial charge in [-0.3, -0.25) is 0 Å². The zero-order valence-corrected chi connectivity index (χ0v) is 16.3. The van der Waals surface area contributed by atoms with Crippen LogP contribution in [-0.4, -0.2) is 25.5 Å². The lowest BCUT2D eigenvalue weighted by Crippen LogP contribution is -2.05. The van der Waals surface area contributed by atoms with E-state index in [1.54, 1.807) is 0 Å². The second kappa shape index (κ2) is 11.1. The van der Waals surface area contributed by atoms with Crippen molar-refractivity contribution >= 4 is 21.6 Å². The summed E-state index contributed by atoms with van der Waals surface area (Å²) in [7, 11) is 0. The van der Waals surface area contributed by atoms with E-state index in [0.717, 1.165) is 35.4 Å². The standard InChI is InChI=1S/C18H25BrFNO3/c1-5-15-12-16(22-10-7-17(19)20)11-14(4)18(15)23-8-6-9-24-21-13(2)3/h7,11-12H,5-6,8-10H2,1-4H3/b17-7-. The molecule has 0 aliphatic rings. The average molecular weight is 402 g/mol. The number of hydrogen-bond donors (Lipinski definition) is 0. The fourth-order valence-corrected chi connectivity index (χ4v) is 2.17. The van der Waals surface area contributed by atoms with E-state index in [-0.39, 0.29) is 6.61 Å². The molecule has 0 atom stereocenters. The molecule has 0 amide bonds. The lowest BCUT2D eigenvalue weighted by Gasteiger charge is -2.15. The molecular formula is C18H25BrFNO3. The van der Waals surface area contributed by atoms with Gasteiger partial charge in [0.2, 0.25) is 0 Å². The summed E-state index contributed by atoms with van der Waals surface area (Å²) in [5, 5.41) is 3.88. The van der Waals surface area contributed by atoms with E-state index in [4.69, 9.17) is 14.3 Å². The Morgan fingerprint density at radius 2 is 2.00 bits per heavy atom. The van der Waals surface area contributed by atoms with E-state index in [0.29, 0.717) is 19.0 Å². The molecule has 4 nitrogen and oxygen atoms in total. The van der Waals surface area contributed by atoms with Gasteiger partial charge in [-0.1, -0.05) is 12.1 Å². The summed E-state index contributed by atoms with van der Waals surface area (Å²) in [5.74, 6) is 1.58. The van der Waals surface area contributed by atoms with Crippen LogP contribution < -0.4 is 9.47 Å². The number of ether oxygens (including phenoxy) is 2. The Balaban J connectivity index is 2.60. The molecule has 0 fully saturated rings. The molecule has 6 heteroatoms. The van der Waals surface area contributed by atoms with Crippen molar-refractivity contribution in [2.24, 2.45) is 5.16 Å². The number of nitrogens with zero attached hydrogens (tertiary/aromatic N) is 1. The summed E-state index contributed by atoms with van der Waals surface area (Å²) in [4.78, 5) is 5.15. The summed E-state index contributed by atoms with van der Waals surface area (Å²) in [5.41, 5.74) is 2.96. The first kappa shape index (κ1) is 20.5. The Kier molecular flexibility index (Phi) is 9.45. The third-order valence-electron chi connectivity index (χ3n) is 3.07. The molecule has 1 aromatic carbocycles. The van der Waals surface area contributed by atoms with Crippen LogP contribution in [0.3, 0.4) is 0 Å². The molecule has 0 spiro atoms. The monoisotopic (exact) mass is 401 g/mol. The van der Waals surface area contributed by atoms with Gasteiger partial charge in [-0.15, -0.1) is 0 Å². The van der Waals surface area contributed by atoms with Gasteiger partial charge in [-0.25, -0.2) is 0 Å². The highest BCUT2D eigenvalue weighted by Gasteiger charge is 2.09. The Hall–Kier alpha value is -1.56. The van der Waals surface area contributed by atoms with Crippen molar-refractivity contribution in [3.63, 3.8) is 0 Å². The lowest BCUT2D eigenvalue weighted by atomic mass is 10.1. The third kappa shape index (κ3) is 7.81. The van der Waals surface area contributed by atoms with E-state index >= 15 is 0 Å². The molecule has 0 unspecified atom stereocenters. The van der Waals surface area contributed by atoms with E-state index in [9.17, 15) is 4.39 Å². The molecule has 0 saturated heterocycles. The van der Waals surface area contributed by atoms with Crippen molar-refractivity contribution in [3.8, 4) is 11.5 Å². The minimum Gasteiger partial charge on any atom is -0.493 e. The molecule has 0 N–H and O–H groups in total. The van der Waals surface area contributed by atoms with Crippen molar-refractivity contribution in [2.75, 3.05) is 19.8 Å². The number of oxime groups is 1. The minimum absolute atomic E-state index is 0.175. The van der Waals surface area contributed by atoms with Crippen LogP contribution in [-0.2, 0) is 11.3 Å². The summed E-state index contributed by atoms with van der Waals surface area (Å²) >= 11 is 2.73. The van der Waals surface area contributed by atoms with Crippen molar-refractivity contribution in [2.45, 2.75) is 40.5 Å². The molecule has 0 saturated carbocycles. The number of benzene rings is 1. The summed E-state index contributed by atoms with van der Waals surface area (Å²) in [6.07, 6.45) is 2.91. The quantitative estimate of drug-likeness (QED) is 0.302. The Morgan fingerprint density at radius 1 is 1.25 bits per heavy atom. The zero-order valence-electron chi connectivity index (χ0n) is 14.7. The van der Waals surface area contributed by atoms with Crippen LogP contribution >= 0.6 is 15.9 Å². The minimum atomic E-state index is -0.431. The van der Waals surface area contributed by atoms with Crippen LogP contribution in [0.25, 0.3) is 0 Å². The van der Waals surface area contributed by atoms with E-state index in [2.05, 4.69) is 28.0 Å². The fraction of sp³-hybridized carbons (Fsp3) is 0.500. The summed E-state index contributed by atoms with van der Waals surface area (Å²) in [6, 6.07) is 3.83. The fourth-order valence-electron chi connectivity index (χ4n) is 2.04. The lowest BCUT2D eigenvalue weighted by molar-refractivity contribution is 0.127.